The first-order chi connectivity index (χ1) is 8.29. The number of rotatable bonds is 7. The maximum atomic E-state index is 9.05. The number of nitrogens with one attached hydrogen (secondary N) is 1. The van der Waals surface area contributed by atoms with E-state index in [1.807, 2.05) is 0 Å². The van der Waals surface area contributed by atoms with Crippen molar-refractivity contribution in [1.29, 1.82) is 0 Å². The van der Waals surface area contributed by atoms with Crippen LogP contribution in [0.5, 0.6) is 0 Å². The van der Waals surface area contributed by atoms with Crippen molar-refractivity contribution in [2.45, 2.75) is 32.2 Å². The maximum Gasteiger partial charge on any atom is 0.0468 e. The number of hydrogen-bond donors (Lipinski definition) is 2. The largest absolute Gasteiger partial charge is 0.396 e. The summed E-state index contributed by atoms with van der Waals surface area (Å²) in [5.74, 6) is 1.20. The van der Waals surface area contributed by atoms with Crippen LogP contribution in [-0.4, -0.2) is 24.3 Å². The lowest BCUT2D eigenvalue weighted by Crippen LogP contribution is -2.36. The summed E-state index contributed by atoms with van der Waals surface area (Å²) in [5, 5.41) is 12.7. The summed E-state index contributed by atoms with van der Waals surface area (Å²) in [4.78, 5) is 0. The van der Waals surface area contributed by atoms with Crippen LogP contribution in [0.4, 0.5) is 0 Å². The van der Waals surface area contributed by atoms with Crippen LogP contribution in [-0.2, 0) is 6.42 Å². The Kier molecular flexibility index (Phi) is 4.57. The lowest BCUT2D eigenvalue weighted by atomic mass is 10.0. The Morgan fingerprint density at radius 1 is 1.29 bits per heavy atom. The summed E-state index contributed by atoms with van der Waals surface area (Å²) in [5.41, 5.74) is 1.41. The molecule has 1 aromatic rings. The Hall–Kier alpha value is -0.860. The molecule has 2 atom stereocenters. The highest BCUT2D eigenvalue weighted by atomic mass is 16.3. The van der Waals surface area contributed by atoms with E-state index in [1.165, 1.54) is 18.4 Å². The standard InChI is InChI=1S/C15H23NO/c1-12(11-17)10-16-15(14-7-8-14)9-13-5-3-2-4-6-13/h2-6,12,14-17H,7-11H2,1H3. The first-order valence-corrected chi connectivity index (χ1v) is 6.67. The summed E-state index contributed by atoms with van der Waals surface area (Å²) in [6.45, 7) is 3.28. The van der Waals surface area contributed by atoms with Crippen LogP contribution in [0, 0.1) is 11.8 Å². The summed E-state index contributed by atoms with van der Waals surface area (Å²) < 4.78 is 0. The summed E-state index contributed by atoms with van der Waals surface area (Å²) in [6.07, 6.45) is 3.83. The molecular formula is C15H23NO. The Balaban J connectivity index is 1.85. The van der Waals surface area contributed by atoms with Crippen molar-refractivity contribution in [3.8, 4) is 0 Å². The van der Waals surface area contributed by atoms with Crippen LogP contribution in [0.1, 0.15) is 25.3 Å². The third-order valence-electron chi connectivity index (χ3n) is 3.53. The van der Waals surface area contributed by atoms with Crippen molar-refractivity contribution in [2.75, 3.05) is 13.2 Å². The molecule has 0 amide bonds. The van der Waals surface area contributed by atoms with Crippen LogP contribution in [0.2, 0.25) is 0 Å². The molecule has 1 aliphatic rings. The van der Waals surface area contributed by atoms with Crippen molar-refractivity contribution in [1.82, 2.24) is 5.32 Å². The summed E-state index contributed by atoms with van der Waals surface area (Å²) in [7, 11) is 0. The summed E-state index contributed by atoms with van der Waals surface area (Å²) >= 11 is 0. The fraction of sp³-hybridized carbons (Fsp3) is 0.600. The van der Waals surface area contributed by atoms with Crippen molar-refractivity contribution in [3.05, 3.63) is 35.9 Å². The van der Waals surface area contributed by atoms with Gasteiger partial charge in [-0.2, -0.15) is 0 Å². The molecule has 1 aromatic carbocycles. The smallest absolute Gasteiger partial charge is 0.0468 e. The van der Waals surface area contributed by atoms with Gasteiger partial charge in [-0.25, -0.2) is 0 Å². The molecule has 0 bridgehead atoms. The van der Waals surface area contributed by atoms with Crippen LogP contribution in [0.25, 0.3) is 0 Å². The second kappa shape index (κ2) is 6.18. The highest BCUT2D eigenvalue weighted by Crippen LogP contribution is 2.34. The molecule has 2 unspecified atom stereocenters. The Morgan fingerprint density at radius 2 is 2.00 bits per heavy atom. The van der Waals surface area contributed by atoms with Crippen LogP contribution >= 0.6 is 0 Å². The van der Waals surface area contributed by atoms with Gasteiger partial charge in [0.15, 0.2) is 0 Å². The minimum Gasteiger partial charge on any atom is -0.396 e. The average molecular weight is 233 g/mol. The van der Waals surface area contributed by atoms with Gasteiger partial charge in [-0.3, -0.25) is 0 Å². The van der Waals surface area contributed by atoms with Crippen molar-refractivity contribution < 1.29 is 5.11 Å². The number of aliphatic hydroxyl groups excluding tert-OH is 1. The van der Waals surface area contributed by atoms with E-state index >= 15 is 0 Å². The number of hydrogen-bond acceptors (Lipinski definition) is 2. The van der Waals surface area contributed by atoms with Crippen LogP contribution in [0.15, 0.2) is 30.3 Å². The van der Waals surface area contributed by atoms with Gasteiger partial charge in [0, 0.05) is 19.2 Å². The van der Waals surface area contributed by atoms with Gasteiger partial charge in [0.2, 0.25) is 0 Å². The van der Waals surface area contributed by atoms with Gasteiger partial charge in [0.25, 0.3) is 0 Å². The van der Waals surface area contributed by atoms with Gasteiger partial charge in [0.05, 0.1) is 0 Å². The predicted octanol–water partition coefficient (Wildman–Crippen LogP) is 2.23. The molecule has 1 fully saturated rings. The zero-order valence-electron chi connectivity index (χ0n) is 10.6. The Bertz CT molecular complexity index is 321. The van der Waals surface area contributed by atoms with Gasteiger partial charge >= 0.3 is 0 Å². The molecule has 0 radical (unpaired) electrons. The predicted molar refractivity (Wildman–Crippen MR) is 70.9 cm³/mol. The molecule has 0 aliphatic heterocycles. The molecule has 1 aliphatic carbocycles. The fourth-order valence-electron chi connectivity index (χ4n) is 2.19. The minimum absolute atomic E-state index is 0.274. The molecule has 94 valence electrons. The lowest BCUT2D eigenvalue weighted by molar-refractivity contribution is 0.228. The van der Waals surface area contributed by atoms with E-state index in [1.54, 1.807) is 0 Å². The van der Waals surface area contributed by atoms with E-state index in [-0.39, 0.29) is 6.61 Å². The molecule has 0 saturated heterocycles. The second-order valence-corrected chi connectivity index (χ2v) is 5.33. The first kappa shape index (κ1) is 12.6. The van der Waals surface area contributed by atoms with Gasteiger partial charge < -0.3 is 10.4 Å². The number of aliphatic hydroxyl groups is 1. The van der Waals surface area contributed by atoms with Crippen LogP contribution in [0.3, 0.4) is 0 Å². The minimum atomic E-state index is 0.274. The first-order valence-electron chi connectivity index (χ1n) is 6.67. The van der Waals surface area contributed by atoms with Crippen LogP contribution < -0.4 is 5.32 Å². The molecule has 2 nitrogen and oxygen atoms in total. The summed E-state index contributed by atoms with van der Waals surface area (Å²) in [6, 6.07) is 11.3. The van der Waals surface area contributed by atoms with E-state index in [2.05, 4.69) is 42.6 Å². The molecule has 1 saturated carbocycles. The zero-order chi connectivity index (χ0) is 12.1. The van der Waals surface area contributed by atoms with Gasteiger partial charge in [-0.05, 0) is 36.7 Å². The average Bonchev–Trinajstić information content (AvgIpc) is 3.19. The molecule has 17 heavy (non-hydrogen) atoms. The fourth-order valence-corrected chi connectivity index (χ4v) is 2.19. The molecule has 0 spiro atoms. The van der Waals surface area contributed by atoms with E-state index in [9.17, 15) is 0 Å². The molecule has 2 rings (SSSR count). The van der Waals surface area contributed by atoms with Gasteiger partial charge in [-0.1, -0.05) is 37.3 Å². The van der Waals surface area contributed by atoms with E-state index in [0.29, 0.717) is 12.0 Å². The van der Waals surface area contributed by atoms with Crippen molar-refractivity contribution >= 4 is 0 Å². The molecular weight excluding hydrogens is 210 g/mol. The molecule has 2 heteroatoms. The molecule has 2 N–H and O–H groups in total. The number of benzene rings is 1. The van der Waals surface area contributed by atoms with E-state index < -0.39 is 0 Å². The highest BCUT2D eigenvalue weighted by molar-refractivity contribution is 5.16. The molecule has 0 heterocycles. The maximum absolute atomic E-state index is 9.05. The zero-order valence-corrected chi connectivity index (χ0v) is 10.6. The Labute approximate surface area is 104 Å². The van der Waals surface area contributed by atoms with Gasteiger partial charge in [0.1, 0.15) is 0 Å². The lowest BCUT2D eigenvalue weighted by Gasteiger charge is -2.20. The monoisotopic (exact) mass is 233 g/mol. The highest BCUT2D eigenvalue weighted by Gasteiger charge is 2.30. The van der Waals surface area contributed by atoms with Crippen molar-refractivity contribution in [3.63, 3.8) is 0 Å². The van der Waals surface area contributed by atoms with E-state index in [4.69, 9.17) is 5.11 Å². The quantitative estimate of drug-likeness (QED) is 0.757. The SMILES string of the molecule is CC(CO)CNC(Cc1ccccc1)C1CC1. The Morgan fingerprint density at radius 3 is 2.59 bits per heavy atom. The third kappa shape index (κ3) is 4.14. The topological polar surface area (TPSA) is 32.3 Å². The second-order valence-electron chi connectivity index (χ2n) is 5.33. The van der Waals surface area contributed by atoms with Crippen molar-refractivity contribution in [2.24, 2.45) is 11.8 Å². The molecule has 0 aromatic heterocycles. The van der Waals surface area contributed by atoms with Gasteiger partial charge in [-0.15, -0.1) is 0 Å². The normalized spacial score (nSPS) is 18.9. The van der Waals surface area contributed by atoms with E-state index in [0.717, 1.165) is 18.9 Å². The third-order valence-corrected chi connectivity index (χ3v) is 3.53.